The van der Waals surface area contributed by atoms with Gasteiger partial charge in [0.15, 0.2) is 5.82 Å². The van der Waals surface area contributed by atoms with Crippen molar-refractivity contribution in [2.75, 3.05) is 18.0 Å². The second-order valence-electron chi connectivity index (χ2n) is 3.52. The zero-order chi connectivity index (χ0) is 9.26. The average Bonchev–Trinajstić information content (AvgIpc) is 2.71. The fourth-order valence-electron chi connectivity index (χ4n) is 1.78. The molecule has 0 amide bonds. The van der Waals surface area contributed by atoms with Crippen LogP contribution < -0.4 is 10.6 Å². The van der Waals surface area contributed by atoms with Crippen LogP contribution in [0.3, 0.4) is 0 Å². The van der Waals surface area contributed by atoms with Gasteiger partial charge in [0.1, 0.15) is 0 Å². The molecule has 0 radical (unpaired) electrons. The van der Waals surface area contributed by atoms with E-state index in [0.29, 0.717) is 6.54 Å². The first-order valence-corrected chi connectivity index (χ1v) is 4.79. The Kier molecular flexibility index (Phi) is 2.22. The number of rotatable bonds is 2. The van der Waals surface area contributed by atoms with Gasteiger partial charge in [-0.1, -0.05) is 0 Å². The first-order chi connectivity index (χ1) is 6.31. The lowest BCUT2D eigenvalue weighted by molar-refractivity contribution is 0.706. The molecule has 13 heavy (non-hydrogen) atoms. The highest BCUT2D eigenvalue weighted by Gasteiger charge is 2.15. The van der Waals surface area contributed by atoms with Crippen LogP contribution in [-0.4, -0.2) is 22.9 Å². The summed E-state index contributed by atoms with van der Waals surface area (Å²) < 4.78 is 1.87. The maximum atomic E-state index is 5.58. The Bertz CT molecular complexity index is 286. The molecule has 1 aliphatic heterocycles. The number of aromatic nitrogens is 2. The summed E-state index contributed by atoms with van der Waals surface area (Å²) in [7, 11) is 1.95. The Morgan fingerprint density at radius 3 is 2.69 bits per heavy atom. The molecule has 4 nitrogen and oxygen atoms in total. The molecular formula is C9H16N4. The maximum Gasteiger partial charge on any atom is 0.150 e. The van der Waals surface area contributed by atoms with Crippen LogP contribution in [0.2, 0.25) is 0 Å². The van der Waals surface area contributed by atoms with E-state index in [4.69, 9.17) is 5.73 Å². The first kappa shape index (κ1) is 8.56. The van der Waals surface area contributed by atoms with Crippen LogP contribution in [-0.2, 0) is 13.6 Å². The molecule has 0 bridgehead atoms. The highest BCUT2D eigenvalue weighted by molar-refractivity contribution is 5.40. The number of nitrogens with two attached hydrogens (primary N) is 1. The van der Waals surface area contributed by atoms with Crippen LogP contribution in [0.25, 0.3) is 0 Å². The van der Waals surface area contributed by atoms with E-state index >= 15 is 0 Å². The van der Waals surface area contributed by atoms with E-state index in [1.165, 1.54) is 12.8 Å². The smallest absolute Gasteiger partial charge is 0.150 e. The second kappa shape index (κ2) is 3.38. The highest BCUT2D eigenvalue weighted by Crippen LogP contribution is 2.18. The maximum absolute atomic E-state index is 5.58. The van der Waals surface area contributed by atoms with E-state index in [1.807, 2.05) is 11.7 Å². The van der Waals surface area contributed by atoms with Gasteiger partial charge in [-0.15, -0.1) is 0 Å². The SMILES string of the molecule is Cn1nc(N2CCCC2)cc1CN. The lowest BCUT2D eigenvalue weighted by Gasteiger charge is -2.12. The van der Waals surface area contributed by atoms with Crippen molar-refractivity contribution in [3.63, 3.8) is 0 Å². The van der Waals surface area contributed by atoms with Gasteiger partial charge in [0.05, 0.1) is 5.69 Å². The van der Waals surface area contributed by atoms with Gasteiger partial charge in [-0.25, -0.2) is 0 Å². The summed E-state index contributed by atoms with van der Waals surface area (Å²) in [6.07, 6.45) is 2.57. The molecule has 2 N–H and O–H groups in total. The first-order valence-electron chi connectivity index (χ1n) is 4.79. The molecule has 1 fully saturated rings. The Morgan fingerprint density at radius 2 is 2.15 bits per heavy atom. The number of anilines is 1. The van der Waals surface area contributed by atoms with Gasteiger partial charge >= 0.3 is 0 Å². The molecule has 72 valence electrons. The number of hydrogen-bond donors (Lipinski definition) is 1. The summed E-state index contributed by atoms with van der Waals surface area (Å²) in [5, 5.41) is 4.43. The van der Waals surface area contributed by atoms with Crippen molar-refractivity contribution in [3.8, 4) is 0 Å². The largest absolute Gasteiger partial charge is 0.355 e. The predicted octanol–water partition coefficient (Wildman–Crippen LogP) is 0.479. The summed E-state index contributed by atoms with van der Waals surface area (Å²) in [5.74, 6) is 1.08. The van der Waals surface area contributed by atoms with Crippen molar-refractivity contribution in [2.24, 2.45) is 12.8 Å². The van der Waals surface area contributed by atoms with E-state index in [-0.39, 0.29) is 0 Å². The van der Waals surface area contributed by atoms with Crippen LogP contribution in [0, 0.1) is 0 Å². The molecule has 2 rings (SSSR count). The van der Waals surface area contributed by atoms with Crippen molar-refractivity contribution in [3.05, 3.63) is 11.8 Å². The molecule has 1 aliphatic rings. The molecule has 2 heterocycles. The Balaban J connectivity index is 2.20. The molecular weight excluding hydrogens is 164 g/mol. The van der Waals surface area contributed by atoms with Gasteiger partial charge in [0, 0.05) is 32.7 Å². The molecule has 1 saturated heterocycles. The standard InChI is InChI=1S/C9H16N4/c1-12-8(7-10)6-9(11-12)13-4-2-3-5-13/h6H,2-5,7,10H2,1H3. The summed E-state index contributed by atoms with van der Waals surface area (Å²) in [6, 6.07) is 2.09. The summed E-state index contributed by atoms with van der Waals surface area (Å²) in [5.41, 5.74) is 6.68. The Labute approximate surface area is 78.3 Å². The van der Waals surface area contributed by atoms with Crippen molar-refractivity contribution in [1.82, 2.24) is 9.78 Å². The van der Waals surface area contributed by atoms with E-state index < -0.39 is 0 Å². The van der Waals surface area contributed by atoms with E-state index in [9.17, 15) is 0 Å². The lowest BCUT2D eigenvalue weighted by atomic mass is 10.4. The lowest BCUT2D eigenvalue weighted by Crippen LogP contribution is -2.18. The molecule has 0 aromatic carbocycles. The third-order valence-electron chi connectivity index (χ3n) is 2.60. The van der Waals surface area contributed by atoms with Crippen LogP contribution in [0.1, 0.15) is 18.5 Å². The fraction of sp³-hybridized carbons (Fsp3) is 0.667. The van der Waals surface area contributed by atoms with Crippen molar-refractivity contribution in [1.29, 1.82) is 0 Å². The van der Waals surface area contributed by atoms with E-state index in [2.05, 4.69) is 16.1 Å². The van der Waals surface area contributed by atoms with E-state index in [0.717, 1.165) is 24.6 Å². The van der Waals surface area contributed by atoms with Crippen molar-refractivity contribution < 1.29 is 0 Å². The monoisotopic (exact) mass is 180 g/mol. The van der Waals surface area contributed by atoms with Crippen LogP contribution in [0.5, 0.6) is 0 Å². The minimum atomic E-state index is 0.567. The Morgan fingerprint density at radius 1 is 1.46 bits per heavy atom. The summed E-state index contributed by atoms with van der Waals surface area (Å²) in [4.78, 5) is 2.32. The Hall–Kier alpha value is -1.03. The summed E-state index contributed by atoms with van der Waals surface area (Å²) >= 11 is 0. The van der Waals surface area contributed by atoms with E-state index in [1.54, 1.807) is 0 Å². The minimum absolute atomic E-state index is 0.567. The molecule has 0 aliphatic carbocycles. The molecule has 0 saturated carbocycles. The van der Waals surface area contributed by atoms with Crippen LogP contribution in [0.15, 0.2) is 6.07 Å². The van der Waals surface area contributed by atoms with Gasteiger partial charge in [-0.05, 0) is 12.8 Å². The molecule has 0 unspecified atom stereocenters. The quantitative estimate of drug-likeness (QED) is 0.720. The highest BCUT2D eigenvalue weighted by atomic mass is 15.3. The normalized spacial score (nSPS) is 16.9. The van der Waals surface area contributed by atoms with Gasteiger partial charge in [-0.2, -0.15) is 5.10 Å². The third-order valence-corrected chi connectivity index (χ3v) is 2.60. The van der Waals surface area contributed by atoms with Crippen molar-refractivity contribution >= 4 is 5.82 Å². The molecule has 1 aromatic heterocycles. The van der Waals surface area contributed by atoms with Crippen molar-refractivity contribution in [2.45, 2.75) is 19.4 Å². The average molecular weight is 180 g/mol. The van der Waals surface area contributed by atoms with Gasteiger partial charge in [0.25, 0.3) is 0 Å². The topological polar surface area (TPSA) is 47.1 Å². The zero-order valence-electron chi connectivity index (χ0n) is 8.03. The predicted molar refractivity (Wildman–Crippen MR) is 52.5 cm³/mol. The molecule has 0 atom stereocenters. The second-order valence-corrected chi connectivity index (χ2v) is 3.52. The molecule has 1 aromatic rings. The van der Waals surface area contributed by atoms with Crippen LogP contribution >= 0.6 is 0 Å². The van der Waals surface area contributed by atoms with Gasteiger partial charge in [0.2, 0.25) is 0 Å². The van der Waals surface area contributed by atoms with Gasteiger partial charge < -0.3 is 10.6 Å². The molecule has 4 heteroatoms. The van der Waals surface area contributed by atoms with Crippen LogP contribution in [0.4, 0.5) is 5.82 Å². The number of aryl methyl sites for hydroxylation is 1. The van der Waals surface area contributed by atoms with Gasteiger partial charge in [-0.3, -0.25) is 4.68 Å². The number of hydrogen-bond acceptors (Lipinski definition) is 3. The third kappa shape index (κ3) is 1.54. The summed E-state index contributed by atoms with van der Waals surface area (Å²) in [6.45, 7) is 2.85. The number of nitrogens with zero attached hydrogens (tertiary/aromatic N) is 3. The fourth-order valence-corrected chi connectivity index (χ4v) is 1.78. The zero-order valence-corrected chi connectivity index (χ0v) is 8.03. The minimum Gasteiger partial charge on any atom is -0.355 e. The molecule has 0 spiro atoms.